The summed E-state index contributed by atoms with van der Waals surface area (Å²) in [7, 11) is 0. The SMILES string of the molecule is C[C@@H](COC(=O)CCNC(=O)[C@@H](N)CCCCN)OC(=O)CCNC(=O)[C@@H](N)CCCCN. The van der Waals surface area contributed by atoms with E-state index in [2.05, 4.69) is 10.6 Å². The van der Waals surface area contributed by atoms with Gasteiger partial charge >= 0.3 is 11.9 Å². The summed E-state index contributed by atoms with van der Waals surface area (Å²) in [4.78, 5) is 47.3. The maximum absolute atomic E-state index is 11.8. The van der Waals surface area contributed by atoms with Gasteiger partial charge in [-0.25, -0.2) is 0 Å². The molecule has 0 aliphatic rings. The van der Waals surface area contributed by atoms with Gasteiger partial charge in [0.05, 0.1) is 24.9 Å². The topological polar surface area (TPSA) is 215 Å². The van der Waals surface area contributed by atoms with Gasteiger partial charge in [0, 0.05) is 13.1 Å². The summed E-state index contributed by atoms with van der Waals surface area (Å²) in [6.45, 7) is 2.77. The Hall–Kier alpha value is -2.28. The minimum Gasteiger partial charge on any atom is -0.462 e. The third kappa shape index (κ3) is 16.9. The normalized spacial score (nSPS) is 13.5. The van der Waals surface area contributed by atoms with Crippen molar-refractivity contribution < 1.29 is 28.7 Å². The van der Waals surface area contributed by atoms with Crippen LogP contribution in [-0.4, -0.2) is 74.7 Å². The Labute approximate surface area is 195 Å². The summed E-state index contributed by atoms with van der Waals surface area (Å²) in [6.07, 6.45) is 3.47. The predicted molar refractivity (Wildman–Crippen MR) is 124 cm³/mol. The molecule has 0 aliphatic carbocycles. The van der Waals surface area contributed by atoms with E-state index in [0.717, 1.165) is 25.7 Å². The number of hydrogen-bond donors (Lipinski definition) is 6. The van der Waals surface area contributed by atoms with Crippen molar-refractivity contribution in [3.05, 3.63) is 0 Å². The summed E-state index contributed by atoms with van der Waals surface area (Å²) >= 11 is 0. The highest BCUT2D eigenvalue weighted by Gasteiger charge is 2.16. The predicted octanol–water partition coefficient (Wildman–Crippen LogP) is -1.61. The maximum Gasteiger partial charge on any atom is 0.307 e. The first-order valence-electron chi connectivity index (χ1n) is 11.5. The van der Waals surface area contributed by atoms with Gasteiger partial charge in [-0.15, -0.1) is 0 Å². The molecule has 0 aliphatic heterocycles. The van der Waals surface area contributed by atoms with Gasteiger partial charge in [-0.1, -0.05) is 12.8 Å². The van der Waals surface area contributed by atoms with Crippen LogP contribution in [0.15, 0.2) is 0 Å². The monoisotopic (exact) mass is 474 g/mol. The van der Waals surface area contributed by atoms with Gasteiger partial charge in [0.15, 0.2) is 0 Å². The molecule has 0 saturated carbocycles. The van der Waals surface area contributed by atoms with Crippen molar-refractivity contribution in [2.24, 2.45) is 22.9 Å². The zero-order valence-electron chi connectivity index (χ0n) is 19.7. The Morgan fingerprint density at radius 3 is 1.67 bits per heavy atom. The molecule has 0 heterocycles. The number of esters is 2. The van der Waals surface area contributed by atoms with Gasteiger partial charge in [0.2, 0.25) is 11.8 Å². The molecule has 0 rings (SSSR count). The van der Waals surface area contributed by atoms with Crippen LogP contribution >= 0.6 is 0 Å². The molecular weight excluding hydrogens is 432 g/mol. The highest BCUT2D eigenvalue weighted by atomic mass is 16.6. The number of carbonyl (C=O) groups is 4. The third-order valence-corrected chi connectivity index (χ3v) is 4.68. The van der Waals surface area contributed by atoms with Gasteiger partial charge in [-0.3, -0.25) is 19.2 Å². The minimum absolute atomic E-state index is 0.0283. The lowest BCUT2D eigenvalue weighted by Gasteiger charge is -2.15. The standard InChI is InChI=1S/C21H42N6O6/c1-15(33-19(29)9-13-27-21(31)17(25)7-3-5-11-23)14-32-18(28)8-12-26-20(30)16(24)6-2-4-10-22/h15-17H,2-14,22-25H2,1H3,(H,26,30)(H,27,31)/t15-,16-,17-/m0/s1. The largest absolute Gasteiger partial charge is 0.462 e. The second-order valence-corrected chi connectivity index (χ2v) is 7.85. The van der Waals surface area contributed by atoms with Crippen molar-refractivity contribution in [2.75, 3.05) is 32.8 Å². The number of nitrogens with one attached hydrogen (secondary N) is 2. The minimum atomic E-state index is -0.652. The van der Waals surface area contributed by atoms with Crippen molar-refractivity contribution >= 4 is 23.8 Å². The van der Waals surface area contributed by atoms with Crippen molar-refractivity contribution in [3.63, 3.8) is 0 Å². The van der Waals surface area contributed by atoms with E-state index in [9.17, 15) is 19.2 Å². The van der Waals surface area contributed by atoms with Gasteiger partial charge in [-0.05, 0) is 45.7 Å². The van der Waals surface area contributed by atoms with E-state index >= 15 is 0 Å². The molecule has 0 fully saturated rings. The Balaban J connectivity index is 3.90. The van der Waals surface area contributed by atoms with Gasteiger partial charge in [-0.2, -0.15) is 0 Å². The fourth-order valence-electron chi connectivity index (χ4n) is 2.72. The Bertz CT molecular complexity index is 592. The first-order chi connectivity index (χ1) is 15.7. The van der Waals surface area contributed by atoms with E-state index in [0.29, 0.717) is 25.9 Å². The number of amides is 2. The lowest BCUT2D eigenvalue weighted by molar-refractivity contribution is -0.158. The average Bonchev–Trinajstić information content (AvgIpc) is 2.77. The lowest BCUT2D eigenvalue weighted by atomic mass is 10.1. The van der Waals surface area contributed by atoms with Crippen LogP contribution in [0.25, 0.3) is 0 Å². The summed E-state index contributed by atoms with van der Waals surface area (Å²) in [6, 6.07) is -1.27. The van der Waals surface area contributed by atoms with E-state index in [1.54, 1.807) is 6.92 Å². The van der Waals surface area contributed by atoms with E-state index in [-0.39, 0.29) is 44.4 Å². The number of rotatable bonds is 19. The zero-order valence-corrected chi connectivity index (χ0v) is 19.7. The van der Waals surface area contributed by atoms with Crippen LogP contribution in [0.3, 0.4) is 0 Å². The van der Waals surface area contributed by atoms with Gasteiger partial charge < -0.3 is 43.0 Å². The third-order valence-electron chi connectivity index (χ3n) is 4.68. The summed E-state index contributed by atoms with van der Waals surface area (Å²) in [5.74, 6) is -1.73. The molecule has 0 spiro atoms. The van der Waals surface area contributed by atoms with Crippen LogP contribution in [0.2, 0.25) is 0 Å². The summed E-state index contributed by atoms with van der Waals surface area (Å²) in [5, 5.41) is 5.17. The molecule has 3 atom stereocenters. The molecule has 0 aromatic carbocycles. The molecule has 192 valence electrons. The molecule has 33 heavy (non-hydrogen) atoms. The number of unbranched alkanes of at least 4 members (excludes halogenated alkanes) is 2. The lowest BCUT2D eigenvalue weighted by Crippen LogP contribution is -2.41. The van der Waals surface area contributed by atoms with Gasteiger partial charge in [0.25, 0.3) is 0 Å². The highest BCUT2D eigenvalue weighted by molar-refractivity contribution is 5.82. The highest BCUT2D eigenvalue weighted by Crippen LogP contribution is 2.00. The summed E-state index contributed by atoms with van der Waals surface area (Å²) in [5.41, 5.74) is 22.3. The first kappa shape index (κ1) is 30.7. The Morgan fingerprint density at radius 1 is 0.758 bits per heavy atom. The summed E-state index contributed by atoms with van der Waals surface area (Å²) < 4.78 is 10.2. The van der Waals surface area contributed by atoms with E-state index < -0.39 is 30.1 Å². The first-order valence-corrected chi connectivity index (χ1v) is 11.5. The molecule has 12 nitrogen and oxygen atoms in total. The quantitative estimate of drug-likeness (QED) is 0.0929. The molecule has 12 heteroatoms. The molecule has 0 aromatic rings. The van der Waals surface area contributed by atoms with Crippen molar-refractivity contribution in [1.82, 2.24) is 10.6 Å². The second-order valence-electron chi connectivity index (χ2n) is 7.85. The van der Waals surface area contributed by atoms with Crippen LogP contribution in [0.4, 0.5) is 0 Å². The van der Waals surface area contributed by atoms with E-state index in [4.69, 9.17) is 32.4 Å². The van der Waals surface area contributed by atoms with Crippen molar-refractivity contribution in [3.8, 4) is 0 Å². The van der Waals surface area contributed by atoms with Crippen LogP contribution in [0.5, 0.6) is 0 Å². The van der Waals surface area contributed by atoms with Gasteiger partial charge in [0.1, 0.15) is 12.7 Å². The molecule has 0 radical (unpaired) electrons. The number of hydrogen-bond acceptors (Lipinski definition) is 10. The molecule has 0 aromatic heterocycles. The van der Waals surface area contributed by atoms with Crippen molar-refractivity contribution in [2.45, 2.75) is 76.5 Å². The zero-order chi connectivity index (χ0) is 25.1. The fourth-order valence-corrected chi connectivity index (χ4v) is 2.72. The maximum atomic E-state index is 11.8. The van der Waals surface area contributed by atoms with E-state index in [1.165, 1.54) is 0 Å². The molecule has 0 unspecified atom stereocenters. The molecule has 10 N–H and O–H groups in total. The van der Waals surface area contributed by atoms with Crippen LogP contribution in [0, 0.1) is 0 Å². The average molecular weight is 475 g/mol. The smallest absolute Gasteiger partial charge is 0.307 e. The molecule has 2 amide bonds. The van der Waals surface area contributed by atoms with Crippen LogP contribution in [-0.2, 0) is 28.7 Å². The molecule has 0 saturated heterocycles. The molecule has 0 bridgehead atoms. The number of ether oxygens (including phenoxy) is 2. The molecular formula is C21H42N6O6. The Kier molecular flexibility index (Phi) is 17.9. The second kappa shape index (κ2) is 19.2. The Morgan fingerprint density at radius 2 is 1.21 bits per heavy atom. The van der Waals surface area contributed by atoms with Crippen LogP contribution in [0.1, 0.15) is 58.3 Å². The van der Waals surface area contributed by atoms with E-state index in [1.807, 2.05) is 0 Å². The number of nitrogens with two attached hydrogens (primary N) is 4. The van der Waals surface area contributed by atoms with Crippen LogP contribution < -0.4 is 33.6 Å². The number of carbonyl (C=O) groups excluding carboxylic acids is 4. The fraction of sp³-hybridized carbons (Fsp3) is 0.810. The van der Waals surface area contributed by atoms with Crippen molar-refractivity contribution in [1.29, 1.82) is 0 Å².